The number of carbonyl (C=O) groups is 2. The van der Waals surface area contributed by atoms with E-state index in [1.807, 2.05) is 0 Å². The summed E-state index contributed by atoms with van der Waals surface area (Å²) in [5, 5.41) is 20.4. The maximum Gasteiger partial charge on any atom is 2.00 e. The second kappa shape index (κ2) is 25.2. The Bertz CT molecular complexity index is 434. The fourth-order valence-corrected chi connectivity index (χ4v) is 3.97. The minimum atomic E-state index is -0.910. The first-order valence-corrected chi connectivity index (χ1v) is 14.2. The molecule has 0 aromatic heterocycles. The molecule has 0 aromatic rings. The van der Waals surface area contributed by atoms with Crippen molar-refractivity contribution < 1.29 is 39.3 Å². The smallest absolute Gasteiger partial charge is 0.550 e. The maximum atomic E-state index is 10.2. The summed E-state index contributed by atoms with van der Waals surface area (Å²) in [5.74, 6) is -1.82. The van der Waals surface area contributed by atoms with Gasteiger partial charge in [-0.25, -0.2) is 0 Å². The molecule has 0 bridgehead atoms. The first-order chi connectivity index (χ1) is 15.8. The van der Waals surface area contributed by atoms with Crippen LogP contribution in [0.15, 0.2) is 0 Å². The molecule has 0 spiro atoms. The molecule has 0 saturated carbocycles. The molecule has 0 aliphatic heterocycles. The van der Waals surface area contributed by atoms with Crippen LogP contribution in [0.25, 0.3) is 0 Å². The molecule has 0 atom stereocenters. The summed E-state index contributed by atoms with van der Waals surface area (Å²) < 4.78 is 0. The normalized spacial score (nSPS) is 11.4. The van der Waals surface area contributed by atoms with Gasteiger partial charge in [-0.15, -0.1) is 0 Å². The monoisotopic (exact) mass is 546 g/mol. The van der Waals surface area contributed by atoms with E-state index in [0.29, 0.717) is 10.8 Å². The number of carbonyl (C=O) groups excluding carboxylic acids is 2. The molecule has 0 rings (SSSR count). The van der Waals surface area contributed by atoms with Gasteiger partial charge in [0.05, 0.1) is 0 Å². The molecule has 204 valence electrons. The zero-order chi connectivity index (χ0) is 26.3. The Morgan fingerprint density at radius 3 is 0.829 bits per heavy atom. The molecule has 35 heavy (non-hydrogen) atoms. The van der Waals surface area contributed by atoms with Crippen LogP contribution >= 0.6 is 0 Å². The van der Waals surface area contributed by atoms with E-state index in [0.717, 1.165) is 25.7 Å². The van der Waals surface area contributed by atoms with Crippen molar-refractivity contribution in [3.8, 4) is 0 Å². The van der Waals surface area contributed by atoms with Gasteiger partial charge in [-0.1, -0.05) is 131 Å². The Morgan fingerprint density at radius 1 is 0.429 bits per heavy atom. The molecule has 0 fully saturated rings. The van der Waals surface area contributed by atoms with E-state index in [-0.39, 0.29) is 32.3 Å². The Balaban J connectivity index is -0.000000569. The molecule has 0 amide bonds. The van der Waals surface area contributed by atoms with Gasteiger partial charge in [0.15, 0.2) is 0 Å². The first kappa shape index (κ1) is 39.1. The molecule has 0 heterocycles. The molecule has 0 radical (unpaired) electrons. The molecule has 0 aromatic carbocycles. The van der Waals surface area contributed by atoms with Gasteiger partial charge >= 0.3 is 19.5 Å². The Kier molecular flexibility index (Phi) is 28.2. The van der Waals surface area contributed by atoms with E-state index in [2.05, 4.69) is 41.5 Å². The summed E-state index contributed by atoms with van der Waals surface area (Å²) in [6, 6.07) is 0. The van der Waals surface area contributed by atoms with Gasteiger partial charge in [0.1, 0.15) is 0 Å². The van der Waals surface area contributed by atoms with Gasteiger partial charge in [-0.05, 0) is 49.4 Å². The van der Waals surface area contributed by atoms with Crippen LogP contribution in [0, 0.1) is 10.8 Å². The van der Waals surface area contributed by atoms with Crippen LogP contribution in [0.1, 0.15) is 170 Å². The zero-order valence-electron chi connectivity index (χ0n) is 24.5. The molecule has 0 aliphatic rings. The molecule has 0 unspecified atom stereocenters. The molecular weight excluding hydrogens is 490 g/mol. The van der Waals surface area contributed by atoms with E-state index >= 15 is 0 Å². The third kappa shape index (κ3) is 44.0. The molecular formula is C30H58O4Zn. The number of rotatable bonds is 20. The van der Waals surface area contributed by atoms with E-state index in [1.54, 1.807) is 0 Å². The van der Waals surface area contributed by atoms with Crippen molar-refractivity contribution in [3.05, 3.63) is 0 Å². The van der Waals surface area contributed by atoms with Crippen molar-refractivity contribution in [1.82, 2.24) is 0 Å². The van der Waals surface area contributed by atoms with Crippen LogP contribution in [0.5, 0.6) is 0 Å². The van der Waals surface area contributed by atoms with Crippen molar-refractivity contribution in [3.63, 3.8) is 0 Å². The predicted molar refractivity (Wildman–Crippen MR) is 141 cm³/mol. The van der Waals surface area contributed by atoms with Gasteiger partial charge < -0.3 is 19.8 Å². The number of unbranched alkanes of at least 4 members (excludes halogenated alkanes) is 14. The van der Waals surface area contributed by atoms with E-state index in [1.165, 1.54) is 89.9 Å². The average Bonchev–Trinajstić information content (AvgIpc) is 2.69. The summed E-state index contributed by atoms with van der Waals surface area (Å²) in [6.07, 6.45) is 22.2. The summed E-state index contributed by atoms with van der Waals surface area (Å²) in [4.78, 5) is 20.4. The number of aliphatic carboxylic acids is 2. The summed E-state index contributed by atoms with van der Waals surface area (Å²) in [5.41, 5.74) is 0.954. The minimum Gasteiger partial charge on any atom is -0.550 e. The van der Waals surface area contributed by atoms with Crippen molar-refractivity contribution >= 4 is 11.9 Å². The molecule has 0 aliphatic carbocycles. The van der Waals surface area contributed by atoms with Crippen LogP contribution in [0.2, 0.25) is 0 Å². The quantitative estimate of drug-likeness (QED) is 0.118. The average molecular weight is 548 g/mol. The maximum absolute atomic E-state index is 10.2. The van der Waals surface area contributed by atoms with Crippen LogP contribution < -0.4 is 10.2 Å². The SMILES string of the molecule is CC(C)(C)CCCCCCCCCCC(=O)[O-].CC(C)(C)CCCCCCCCCCC(=O)[O-].[Zn+2]. The molecule has 5 heteroatoms. The largest absolute Gasteiger partial charge is 2.00 e. The Hall–Kier alpha value is -0.437. The molecule has 0 saturated heterocycles. The first-order valence-electron chi connectivity index (χ1n) is 14.2. The number of hydrogen-bond acceptors (Lipinski definition) is 4. The van der Waals surface area contributed by atoms with Crippen LogP contribution in [0.3, 0.4) is 0 Å². The minimum absolute atomic E-state index is 0. The van der Waals surface area contributed by atoms with Gasteiger partial charge in [0.25, 0.3) is 0 Å². The van der Waals surface area contributed by atoms with Gasteiger partial charge in [-0.2, -0.15) is 0 Å². The fourth-order valence-electron chi connectivity index (χ4n) is 3.97. The molecule has 0 N–H and O–H groups in total. The van der Waals surface area contributed by atoms with Crippen molar-refractivity contribution in [2.75, 3.05) is 0 Å². The third-order valence-electron chi connectivity index (χ3n) is 6.12. The second-order valence-electron chi connectivity index (χ2n) is 12.5. The van der Waals surface area contributed by atoms with Crippen molar-refractivity contribution in [1.29, 1.82) is 0 Å². The molecule has 4 nitrogen and oxygen atoms in total. The van der Waals surface area contributed by atoms with Gasteiger partial charge in [-0.3, -0.25) is 0 Å². The predicted octanol–water partition coefficient (Wildman–Crippen LogP) is 7.36. The Morgan fingerprint density at radius 2 is 0.629 bits per heavy atom. The van der Waals surface area contributed by atoms with Crippen molar-refractivity contribution in [2.24, 2.45) is 10.8 Å². The van der Waals surface area contributed by atoms with Gasteiger partial charge in [0, 0.05) is 11.9 Å². The fraction of sp³-hybridized carbons (Fsp3) is 0.933. The van der Waals surface area contributed by atoms with Crippen LogP contribution in [0.4, 0.5) is 0 Å². The van der Waals surface area contributed by atoms with E-state index < -0.39 is 11.9 Å². The topological polar surface area (TPSA) is 80.3 Å². The zero-order valence-corrected chi connectivity index (χ0v) is 27.4. The van der Waals surface area contributed by atoms with E-state index in [9.17, 15) is 19.8 Å². The van der Waals surface area contributed by atoms with Gasteiger partial charge in [0.2, 0.25) is 0 Å². The number of carboxylic acids is 2. The van der Waals surface area contributed by atoms with Crippen LogP contribution in [-0.4, -0.2) is 11.9 Å². The van der Waals surface area contributed by atoms with E-state index in [4.69, 9.17) is 0 Å². The third-order valence-corrected chi connectivity index (χ3v) is 6.12. The Labute approximate surface area is 231 Å². The summed E-state index contributed by atoms with van der Waals surface area (Å²) in [6.45, 7) is 13.8. The van der Waals surface area contributed by atoms with Crippen molar-refractivity contribution in [2.45, 2.75) is 170 Å². The summed E-state index contributed by atoms with van der Waals surface area (Å²) >= 11 is 0. The summed E-state index contributed by atoms with van der Waals surface area (Å²) in [7, 11) is 0. The number of hydrogen-bond donors (Lipinski definition) is 0. The van der Waals surface area contributed by atoms with Crippen LogP contribution in [-0.2, 0) is 29.1 Å². The second-order valence-corrected chi connectivity index (χ2v) is 12.5. The number of carboxylic acid groups (broad SMARTS) is 2. The standard InChI is InChI=1S/2C15H30O2.Zn/c2*1-15(2,3)13-11-9-7-5-4-6-8-10-12-14(16)17;/h2*4-13H2,1-3H3,(H,16,17);/q;;+2/p-2.